The maximum atomic E-state index is 6.36. The molecule has 2 heterocycles. The van der Waals surface area contributed by atoms with Crippen LogP contribution < -0.4 is 5.73 Å². The van der Waals surface area contributed by atoms with Crippen molar-refractivity contribution in [2.45, 2.75) is 57.9 Å². The number of hydrogen-bond acceptors (Lipinski definition) is 6. The van der Waals surface area contributed by atoms with Crippen molar-refractivity contribution in [1.29, 1.82) is 0 Å². The number of nitrogens with two attached hydrogens (primary N) is 1. The molecule has 21 heavy (non-hydrogen) atoms. The lowest BCUT2D eigenvalue weighted by Gasteiger charge is -2.17. The molecule has 116 valence electrons. The first kappa shape index (κ1) is 16.0. The SMILES string of the molecule is Cc1noc(C(C)C)c1-c1nc(C2(N)CCCC2)no1.Cl. The lowest BCUT2D eigenvalue weighted by molar-refractivity contribution is 0.364. The van der Waals surface area contributed by atoms with Crippen LogP contribution in [-0.2, 0) is 5.54 Å². The van der Waals surface area contributed by atoms with Crippen LogP contribution in [0.1, 0.15) is 62.7 Å². The van der Waals surface area contributed by atoms with Crippen LogP contribution in [0.3, 0.4) is 0 Å². The second kappa shape index (κ2) is 5.77. The van der Waals surface area contributed by atoms with Crippen LogP contribution in [0.15, 0.2) is 9.05 Å². The quantitative estimate of drug-likeness (QED) is 0.935. The van der Waals surface area contributed by atoms with E-state index in [0.717, 1.165) is 42.7 Å². The van der Waals surface area contributed by atoms with Gasteiger partial charge < -0.3 is 14.8 Å². The maximum absolute atomic E-state index is 6.36. The van der Waals surface area contributed by atoms with E-state index in [1.54, 1.807) is 0 Å². The molecule has 1 aliphatic carbocycles. The number of aromatic nitrogens is 3. The highest BCUT2D eigenvalue weighted by Crippen LogP contribution is 2.37. The number of hydrogen-bond donors (Lipinski definition) is 1. The van der Waals surface area contributed by atoms with Crippen LogP contribution in [0.4, 0.5) is 0 Å². The molecule has 0 atom stereocenters. The Hall–Kier alpha value is -1.40. The van der Waals surface area contributed by atoms with E-state index in [4.69, 9.17) is 14.8 Å². The van der Waals surface area contributed by atoms with Gasteiger partial charge in [0.15, 0.2) is 11.6 Å². The topological polar surface area (TPSA) is 91.0 Å². The summed E-state index contributed by atoms with van der Waals surface area (Å²) in [6.07, 6.45) is 4.05. The summed E-state index contributed by atoms with van der Waals surface area (Å²) in [4.78, 5) is 4.51. The molecule has 0 saturated heterocycles. The van der Waals surface area contributed by atoms with Crippen LogP contribution in [0, 0.1) is 6.92 Å². The van der Waals surface area contributed by atoms with Crippen LogP contribution in [0.25, 0.3) is 11.5 Å². The van der Waals surface area contributed by atoms with Gasteiger partial charge in [0, 0.05) is 5.92 Å². The molecule has 1 saturated carbocycles. The lowest BCUT2D eigenvalue weighted by atomic mass is 9.98. The molecule has 0 aromatic carbocycles. The maximum Gasteiger partial charge on any atom is 0.263 e. The molecule has 0 unspecified atom stereocenters. The zero-order chi connectivity index (χ0) is 14.3. The predicted octanol–water partition coefficient (Wildman–Crippen LogP) is 3.31. The average Bonchev–Trinajstić information content (AvgIpc) is 3.07. The van der Waals surface area contributed by atoms with E-state index in [2.05, 4.69) is 15.3 Å². The number of halogens is 1. The summed E-state index contributed by atoms with van der Waals surface area (Å²) in [5.74, 6) is 2.04. The van der Waals surface area contributed by atoms with Gasteiger partial charge >= 0.3 is 0 Å². The van der Waals surface area contributed by atoms with Crippen LogP contribution >= 0.6 is 12.4 Å². The summed E-state index contributed by atoms with van der Waals surface area (Å²) in [6, 6.07) is 0. The van der Waals surface area contributed by atoms with Crippen molar-refractivity contribution in [1.82, 2.24) is 15.3 Å². The van der Waals surface area contributed by atoms with Gasteiger partial charge in [-0.15, -0.1) is 12.4 Å². The van der Waals surface area contributed by atoms with E-state index in [0.29, 0.717) is 11.7 Å². The van der Waals surface area contributed by atoms with E-state index in [-0.39, 0.29) is 18.3 Å². The Balaban J connectivity index is 0.00000161. The molecule has 0 spiro atoms. The van der Waals surface area contributed by atoms with Gasteiger partial charge in [0.05, 0.1) is 11.2 Å². The zero-order valence-corrected chi connectivity index (χ0v) is 13.4. The Morgan fingerprint density at radius 1 is 1.14 bits per heavy atom. The van der Waals surface area contributed by atoms with Crippen LogP contribution in [-0.4, -0.2) is 15.3 Å². The molecule has 7 heteroatoms. The first-order valence-electron chi connectivity index (χ1n) is 7.11. The van der Waals surface area contributed by atoms with Crippen LogP contribution in [0.5, 0.6) is 0 Å². The Bertz CT molecular complexity index is 614. The highest BCUT2D eigenvalue weighted by atomic mass is 35.5. The molecule has 2 aromatic rings. The third-order valence-electron chi connectivity index (χ3n) is 3.99. The van der Waals surface area contributed by atoms with E-state index in [1.807, 2.05) is 20.8 Å². The fraction of sp³-hybridized carbons (Fsp3) is 0.643. The molecule has 2 N–H and O–H groups in total. The zero-order valence-electron chi connectivity index (χ0n) is 12.5. The number of aryl methyl sites for hydroxylation is 1. The molecule has 3 rings (SSSR count). The molecule has 0 radical (unpaired) electrons. The van der Waals surface area contributed by atoms with E-state index >= 15 is 0 Å². The van der Waals surface area contributed by atoms with Crippen molar-refractivity contribution in [2.24, 2.45) is 5.73 Å². The highest BCUT2D eigenvalue weighted by Gasteiger charge is 2.36. The Labute approximate surface area is 129 Å². The van der Waals surface area contributed by atoms with Gasteiger partial charge in [-0.25, -0.2) is 0 Å². The monoisotopic (exact) mass is 312 g/mol. The fourth-order valence-corrected chi connectivity index (χ4v) is 2.80. The van der Waals surface area contributed by atoms with Gasteiger partial charge in [-0.2, -0.15) is 4.98 Å². The van der Waals surface area contributed by atoms with E-state index in [9.17, 15) is 0 Å². The molecule has 0 amide bonds. The largest absolute Gasteiger partial charge is 0.360 e. The highest BCUT2D eigenvalue weighted by molar-refractivity contribution is 5.85. The summed E-state index contributed by atoms with van der Waals surface area (Å²) in [7, 11) is 0. The van der Waals surface area contributed by atoms with Crippen molar-refractivity contribution < 1.29 is 9.05 Å². The number of nitrogens with zero attached hydrogens (tertiary/aromatic N) is 3. The first-order valence-corrected chi connectivity index (χ1v) is 7.11. The molecule has 6 nitrogen and oxygen atoms in total. The van der Waals surface area contributed by atoms with Gasteiger partial charge in [-0.05, 0) is 19.8 Å². The van der Waals surface area contributed by atoms with Gasteiger partial charge in [0.25, 0.3) is 5.89 Å². The third-order valence-corrected chi connectivity index (χ3v) is 3.99. The van der Waals surface area contributed by atoms with E-state index < -0.39 is 5.54 Å². The Morgan fingerprint density at radius 2 is 1.81 bits per heavy atom. The summed E-state index contributed by atoms with van der Waals surface area (Å²) in [5, 5.41) is 8.09. The summed E-state index contributed by atoms with van der Waals surface area (Å²) >= 11 is 0. The summed E-state index contributed by atoms with van der Waals surface area (Å²) in [5.41, 5.74) is 7.49. The second-order valence-electron chi connectivity index (χ2n) is 5.95. The minimum absolute atomic E-state index is 0. The minimum atomic E-state index is -0.440. The van der Waals surface area contributed by atoms with Gasteiger partial charge in [-0.1, -0.05) is 37.0 Å². The minimum Gasteiger partial charge on any atom is -0.360 e. The summed E-state index contributed by atoms with van der Waals surface area (Å²) in [6.45, 7) is 5.96. The molecule has 0 aliphatic heterocycles. The molecule has 0 bridgehead atoms. The van der Waals surface area contributed by atoms with Gasteiger partial charge in [0.2, 0.25) is 0 Å². The van der Waals surface area contributed by atoms with Crippen molar-refractivity contribution in [3.63, 3.8) is 0 Å². The Kier molecular flexibility index (Phi) is 4.39. The average molecular weight is 313 g/mol. The second-order valence-corrected chi connectivity index (χ2v) is 5.95. The normalized spacial score (nSPS) is 17.2. The lowest BCUT2D eigenvalue weighted by Crippen LogP contribution is -2.34. The number of rotatable bonds is 3. The first-order chi connectivity index (χ1) is 9.51. The van der Waals surface area contributed by atoms with Crippen molar-refractivity contribution in [2.75, 3.05) is 0 Å². The molecular weight excluding hydrogens is 292 g/mol. The molecule has 1 aliphatic rings. The fourth-order valence-electron chi connectivity index (χ4n) is 2.80. The standard InChI is InChI=1S/C14H20N4O2.ClH/c1-8(2)11-10(9(3)17-19-11)12-16-13(18-20-12)14(15)6-4-5-7-14;/h8H,4-7,15H2,1-3H3;1H. The van der Waals surface area contributed by atoms with Crippen molar-refractivity contribution >= 4 is 12.4 Å². The summed E-state index contributed by atoms with van der Waals surface area (Å²) < 4.78 is 10.8. The van der Waals surface area contributed by atoms with Crippen molar-refractivity contribution in [3.8, 4) is 11.5 Å². The van der Waals surface area contributed by atoms with Gasteiger partial charge in [-0.3, -0.25) is 0 Å². The van der Waals surface area contributed by atoms with Crippen LogP contribution in [0.2, 0.25) is 0 Å². The van der Waals surface area contributed by atoms with E-state index in [1.165, 1.54) is 0 Å². The smallest absolute Gasteiger partial charge is 0.263 e. The molecule has 2 aromatic heterocycles. The predicted molar refractivity (Wildman–Crippen MR) is 80.2 cm³/mol. The third kappa shape index (κ3) is 2.70. The molecular formula is C14H21ClN4O2. The molecule has 1 fully saturated rings. The Morgan fingerprint density at radius 3 is 2.43 bits per heavy atom. The van der Waals surface area contributed by atoms with Crippen molar-refractivity contribution in [3.05, 3.63) is 17.3 Å². The van der Waals surface area contributed by atoms with Gasteiger partial charge in [0.1, 0.15) is 5.56 Å².